The van der Waals surface area contributed by atoms with E-state index in [9.17, 15) is 0 Å². The summed E-state index contributed by atoms with van der Waals surface area (Å²) in [5.74, 6) is 0. The van der Waals surface area contributed by atoms with Gasteiger partial charge >= 0.3 is 0 Å². The Morgan fingerprint density at radius 2 is 1.86 bits per heavy atom. The highest BCUT2D eigenvalue weighted by Gasteiger charge is 2.05. The largest absolute Gasteiger partial charge is 0.379 e. The van der Waals surface area contributed by atoms with Crippen LogP contribution in [0.2, 0.25) is 0 Å². The number of unbranched alkanes of at least 4 members (excludes halogenated alkanes) is 1. The van der Waals surface area contributed by atoms with Crippen molar-refractivity contribution in [2.45, 2.75) is 59.5 Å². The maximum absolute atomic E-state index is 4.58. The molecule has 114 valence electrons. The highest BCUT2D eigenvalue weighted by Crippen LogP contribution is 2.14. The van der Waals surface area contributed by atoms with Crippen molar-refractivity contribution in [3.8, 4) is 0 Å². The van der Waals surface area contributed by atoms with Gasteiger partial charge in [0.15, 0.2) is 0 Å². The molecule has 3 nitrogen and oxygen atoms in total. The van der Waals surface area contributed by atoms with Gasteiger partial charge in [0.2, 0.25) is 0 Å². The molecule has 1 N–H and O–H groups in total. The molecule has 21 heavy (non-hydrogen) atoms. The fraction of sp³-hybridized carbons (Fsp3) is 0.500. The molecular formula is C18H27N3. The van der Waals surface area contributed by atoms with Crippen LogP contribution >= 0.6 is 0 Å². The molecule has 0 spiro atoms. The number of rotatable bonds is 8. The van der Waals surface area contributed by atoms with E-state index < -0.39 is 0 Å². The normalized spacial score (nSPS) is 10.8. The Balaban J connectivity index is 1.94. The molecule has 2 aromatic rings. The standard InChI is InChI=1S/C18H27N3/c1-4-7-8-15-9-11-17(12-10-15)19-14-18-13-16(5-2)20-21(18)6-3/h9-13,19H,4-8,14H2,1-3H3. The zero-order chi connectivity index (χ0) is 15.1. The van der Waals surface area contributed by atoms with Crippen LogP contribution in [0.5, 0.6) is 0 Å². The van der Waals surface area contributed by atoms with Gasteiger partial charge in [-0.3, -0.25) is 4.68 Å². The van der Waals surface area contributed by atoms with Gasteiger partial charge in [-0.25, -0.2) is 0 Å². The van der Waals surface area contributed by atoms with Gasteiger partial charge in [-0.1, -0.05) is 32.4 Å². The summed E-state index contributed by atoms with van der Waals surface area (Å²) in [5.41, 5.74) is 5.03. The number of hydrogen-bond donors (Lipinski definition) is 1. The van der Waals surface area contributed by atoms with Crippen molar-refractivity contribution in [3.05, 3.63) is 47.3 Å². The second kappa shape index (κ2) is 7.87. The lowest BCUT2D eigenvalue weighted by atomic mass is 10.1. The molecule has 1 heterocycles. The molecule has 0 atom stereocenters. The summed E-state index contributed by atoms with van der Waals surface area (Å²) >= 11 is 0. The first-order valence-corrected chi connectivity index (χ1v) is 8.15. The van der Waals surface area contributed by atoms with Gasteiger partial charge in [0.25, 0.3) is 0 Å². The number of aromatic nitrogens is 2. The smallest absolute Gasteiger partial charge is 0.0625 e. The van der Waals surface area contributed by atoms with Crippen molar-refractivity contribution in [1.82, 2.24) is 9.78 Å². The minimum atomic E-state index is 0.829. The van der Waals surface area contributed by atoms with E-state index in [1.54, 1.807) is 0 Å². The predicted molar refractivity (Wildman–Crippen MR) is 89.7 cm³/mol. The van der Waals surface area contributed by atoms with E-state index in [1.807, 2.05) is 0 Å². The number of hydrogen-bond acceptors (Lipinski definition) is 2. The van der Waals surface area contributed by atoms with Crippen molar-refractivity contribution in [2.75, 3.05) is 5.32 Å². The van der Waals surface area contributed by atoms with Crippen molar-refractivity contribution in [2.24, 2.45) is 0 Å². The molecule has 2 rings (SSSR count). The van der Waals surface area contributed by atoms with Crippen LogP contribution in [0.25, 0.3) is 0 Å². The number of anilines is 1. The Bertz CT molecular complexity index is 540. The van der Waals surface area contributed by atoms with Crippen LogP contribution in [0.3, 0.4) is 0 Å². The summed E-state index contributed by atoms with van der Waals surface area (Å²) in [6.45, 7) is 8.27. The average Bonchev–Trinajstić information content (AvgIpc) is 2.94. The van der Waals surface area contributed by atoms with E-state index in [2.05, 4.69) is 66.2 Å². The molecule has 0 unspecified atom stereocenters. The predicted octanol–water partition coefficient (Wildman–Crippen LogP) is 4.42. The zero-order valence-electron chi connectivity index (χ0n) is 13.5. The van der Waals surface area contributed by atoms with Gasteiger partial charge in [0, 0.05) is 12.2 Å². The molecule has 0 aliphatic rings. The second-order valence-electron chi connectivity index (χ2n) is 5.45. The van der Waals surface area contributed by atoms with E-state index in [1.165, 1.54) is 41.9 Å². The van der Waals surface area contributed by atoms with Gasteiger partial charge < -0.3 is 5.32 Å². The lowest BCUT2D eigenvalue weighted by Gasteiger charge is -2.09. The Hall–Kier alpha value is -1.77. The van der Waals surface area contributed by atoms with Gasteiger partial charge in [-0.05, 0) is 49.9 Å². The van der Waals surface area contributed by atoms with Crippen molar-refractivity contribution in [3.63, 3.8) is 0 Å². The summed E-state index contributed by atoms with van der Waals surface area (Å²) in [7, 11) is 0. The maximum atomic E-state index is 4.58. The van der Waals surface area contributed by atoms with Crippen molar-refractivity contribution >= 4 is 5.69 Å². The van der Waals surface area contributed by atoms with Gasteiger partial charge in [-0.2, -0.15) is 5.10 Å². The third-order valence-electron chi connectivity index (χ3n) is 3.82. The third-order valence-corrected chi connectivity index (χ3v) is 3.82. The van der Waals surface area contributed by atoms with Crippen LogP contribution in [-0.2, 0) is 25.9 Å². The molecular weight excluding hydrogens is 258 g/mol. The van der Waals surface area contributed by atoms with Crippen LogP contribution in [-0.4, -0.2) is 9.78 Å². The number of benzene rings is 1. The number of nitrogens with one attached hydrogen (secondary N) is 1. The highest BCUT2D eigenvalue weighted by atomic mass is 15.3. The minimum absolute atomic E-state index is 0.829. The summed E-state index contributed by atoms with van der Waals surface area (Å²) in [4.78, 5) is 0. The molecule has 0 bridgehead atoms. The number of nitrogens with zero attached hydrogens (tertiary/aromatic N) is 2. The fourth-order valence-corrected chi connectivity index (χ4v) is 2.47. The van der Waals surface area contributed by atoms with Crippen LogP contribution in [0.1, 0.15) is 50.6 Å². The van der Waals surface area contributed by atoms with Gasteiger partial charge in [0.1, 0.15) is 0 Å². The Kier molecular flexibility index (Phi) is 5.85. The molecule has 1 aromatic carbocycles. The molecule has 3 heteroatoms. The Labute approximate surface area is 128 Å². The van der Waals surface area contributed by atoms with E-state index in [-0.39, 0.29) is 0 Å². The van der Waals surface area contributed by atoms with E-state index >= 15 is 0 Å². The average molecular weight is 285 g/mol. The second-order valence-corrected chi connectivity index (χ2v) is 5.45. The summed E-state index contributed by atoms with van der Waals surface area (Å²) in [6.07, 6.45) is 4.69. The van der Waals surface area contributed by atoms with Crippen molar-refractivity contribution < 1.29 is 0 Å². The number of aryl methyl sites for hydroxylation is 3. The maximum Gasteiger partial charge on any atom is 0.0625 e. The zero-order valence-corrected chi connectivity index (χ0v) is 13.5. The van der Waals surface area contributed by atoms with Crippen molar-refractivity contribution in [1.29, 1.82) is 0 Å². The molecule has 0 aliphatic heterocycles. The van der Waals surface area contributed by atoms with Crippen LogP contribution < -0.4 is 5.32 Å². The topological polar surface area (TPSA) is 29.9 Å². The van der Waals surface area contributed by atoms with Gasteiger partial charge in [-0.15, -0.1) is 0 Å². The Morgan fingerprint density at radius 3 is 2.48 bits per heavy atom. The lowest BCUT2D eigenvalue weighted by molar-refractivity contribution is 0.619. The lowest BCUT2D eigenvalue weighted by Crippen LogP contribution is -2.07. The quantitative estimate of drug-likeness (QED) is 0.778. The van der Waals surface area contributed by atoms with Crippen LogP contribution in [0.15, 0.2) is 30.3 Å². The molecule has 0 radical (unpaired) electrons. The Morgan fingerprint density at radius 1 is 1.10 bits per heavy atom. The first kappa shape index (κ1) is 15.6. The first-order valence-electron chi connectivity index (χ1n) is 8.15. The molecule has 0 aliphatic carbocycles. The molecule has 0 saturated heterocycles. The SMILES string of the molecule is CCCCc1ccc(NCc2cc(CC)nn2CC)cc1. The fourth-order valence-electron chi connectivity index (χ4n) is 2.47. The molecule has 0 amide bonds. The molecule has 1 aromatic heterocycles. The minimum Gasteiger partial charge on any atom is -0.379 e. The van der Waals surface area contributed by atoms with E-state index in [0.717, 1.165) is 19.5 Å². The van der Waals surface area contributed by atoms with Gasteiger partial charge in [0.05, 0.1) is 17.9 Å². The molecule has 0 saturated carbocycles. The monoisotopic (exact) mass is 285 g/mol. The summed E-state index contributed by atoms with van der Waals surface area (Å²) in [5, 5.41) is 8.08. The first-order chi connectivity index (χ1) is 10.3. The molecule has 0 fully saturated rings. The summed E-state index contributed by atoms with van der Waals surface area (Å²) in [6, 6.07) is 11.0. The highest BCUT2D eigenvalue weighted by molar-refractivity contribution is 5.45. The third kappa shape index (κ3) is 4.35. The van der Waals surface area contributed by atoms with Crippen LogP contribution in [0.4, 0.5) is 5.69 Å². The van der Waals surface area contributed by atoms with E-state index in [0.29, 0.717) is 0 Å². The summed E-state index contributed by atoms with van der Waals surface area (Å²) < 4.78 is 2.08. The van der Waals surface area contributed by atoms with Crippen LogP contribution in [0, 0.1) is 0 Å². The van der Waals surface area contributed by atoms with E-state index in [4.69, 9.17) is 0 Å².